The maximum absolute atomic E-state index is 12.5. The first-order valence-electron chi connectivity index (χ1n) is 15.0. The Morgan fingerprint density at radius 3 is 2.43 bits per heavy atom. The van der Waals surface area contributed by atoms with E-state index in [0.29, 0.717) is 64.7 Å². The van der Waals surface area contributed by atoms with Crippen molar-refractivity contribution in [1.29, 1.82) is 0 Å². The van der Waals surface area contributed by atoms with E-state index in [2.05, 4.69) is 21.2 Å². The van der Waals surface area contributed by atoms with E-state index in [4.69, 9.17) is 35.3 Å². The molecule has 2 amide bonds. The molecular formula is C34H39ClN4O8. The molecule has 1 aliphatic rings. The number of hydrogen-bond donors (Lipinski definition) is 4. The zero-order chi connectivity index (χ0) is 33.9. The molecule has 47 heavy (non-hydrogen) atoms. The first-order chi connectivity index (χ1) is 22.6. The first kappa shape index (κ1) is 34.9. The van der Waals surface area contributed by atoms with Crippen molar-refractivity contribution in [3.63, 3.8) is 0 Å². The number of carbonyl (C=O) groups excluding carboxylic acids is 2. The van der Waals surface area contributed by atoms with E-state index >= 15 is 0 Å². The van der Waals surface area contributed by atoms with E-state index in [9.17, 15) is 14.7 Å². The molecule has 3 aromatic carbocycles. The van der Waals surface area contributed by atoms with Gasteiger partial charge in [0.25, 0.3) is 0 Å². The number of rotatable bonds is 15. The maximum Gasteiger partial charge on any atom is 0.337 e. The van der Waals surface area contributed by atoms with Crippen molar-refractivity contribution >= 4 is 29.8 Å². The van der Waals surface area contributed by atoms with E-state index in [1.165, 1.54) is 13.3 Å². The minimum Gasteiger partial charge on any atom is -0.490 e. The van der Waals surface area contributed by atoms with E-state index in [1.807, 2.05) is 45.0 Å². The number of urea groups is 1. The molecule has 0 aromatic heterocycles. The lowest BCUT2D eigenvalue weighted by atomic mass is 9.95. The van der Waals surface area contributed by atoms with E-state index < -0.39 is 24.3 Å². The van der Waals surface area contributed by atoms with Gasteiger partial charge in [0.2, 0.25) is 0 Å². The third kappa shape index (κ3) is 9.30. The summed E-state index contributed by atoms with van der Waals surface area (Å²) in [7, 11) is 1.27. The highest BCUT2D eigenvalue weighted by atomic mass is 35.5. The van der Waals surface area contributed by atoms with Gasteiger partial charge in [0.05, 0.1) is 43.2 Å². The van der Waals surface area contributed by atoms with E-state index in [1.54, 1.807) is 37.3 Å². The van der Waals surface area contributed by atoms with Crippen LogP contribution in [0.15, 0.2) is 71.0 Å². The monoisotopic (exact) mass is 666 g/mol. The lowest BCUT2D eigenvalue weighted by Gasteiger charge is -2.28. The lowest BCUT2D eigenvalue weighted by Crippen LogP contribution is -2.45. The molecule has 0 unspecified atom stereocenters. The molecule has 1 aliphatic heterocycles. The van der Waals surface area contributed by atoms with Crippen LogP contribution in [0.3, 0.4) is 0 Å². The van der Waals surface area contributed by atoms with Gasteiger partial charge in [-0.2, -0.15) is 5.10 Å². The van der Waals surface area contributed by atoms with Crippen molar-refractivity contribution in [3.8, 4) is 23.0 Å². The van der Waals surface area contributed by atoms with Crippen LogP contribution in [0.5, 0.6) is 23.0 Å². The average Bonchev–Trinajstić information content (AvgIpc) is 3.04. The molecule has 13 heteroatoms. The Morgan fingerprint density at radius 2 is 1.72 bits per heavy atom. The summed E-state index contributed by atoms with van der Waals surface area (Å²) >= 11 is 6.55. The van der Waals surface area contributed by atoms with Crippen LogP contribution in [0.2, 0.25) is 5.02 Å². The minimum absolute atomic E-state index is 0.177. The van der Waals surface area contributed by atoms with Crippen LogP contribution >= 0.6 is 11.6 Å². The second-order valence-corrected chi connectivity index (χ2v) is 10.9. The SMILES string of the molecule is CCOc1cc([C@H]2NC(=O)NC(C)=C2C(=O)OC)ccc1OC[C@@H](O)N/N=C\c1cc(Cl)c(OCc2ccc(C)cc2)c(OCC)c1. The zero-order valence-corrected chi connectivity index (χ0v) is 27.6. The molecule has 0 saturated carbocycles. The number of hydrogen-bond acceptors (Lipinski definition) is 10. The van der Waals surface area contributed by atoms with Crippen LogP contribution in [0, 0.1) is 6.92 Å². The van der Waals surface area contributed by atoms with Gasteiger partial charge in [-0.1, -0.05) is 47.5 Å². The van der Waals surface area contributed by atoms with Gasteiger partial charge < -0.3 is 39.4 Å². The van der Waals surface area contributed by atoms with Gasteiger partial charge in [0, 0.05) is 5.70 Å². The summed E-state index contributed by atoms with van der Waals surface area (Å²) in [5.74, 6) is 1.03. The van der Waals surface area contributed by atoms with Crippen LogP contribution in [0.4, 0.5) is 4.79 Å². The second-order valence-electron chi connectivity index (χ2n) is 10.5. The molecule has 2 atom stereocenters. The van der Waals surface area contributed by atoms with Gasteiger partial charge in [-0.25, -0.2) is 9.59 Å². The topological polar surface area (TPSA) is 149 Å². The molecule has 3 aromatic rings. The molecule has 4 rings (SSSR count). The van der Waals surface area contributed by atoms with Gasteiger partial charge in [-0.05, 0) is 68.7 Å². The van der Waals surface area contributed by atoms with Crippen molar-refractivity contribution in [1.82, 2.24) is 16.1 Å². The Bertz CT molecular complexity index is 1630. The molecule has 0 aliphatic carbocycles. The number of aryl methyl sites for hydroxylation is 1. The number of aliphatic hydroxyl groups excluding tert-OH is 1. The summed E-state index contributed by atoms with van der Waals surface area (Å²) in [4.78, 5) is 24.6. The summed E-state index contributed by atoms with van der Waals surface area (Å²) in [5.41, 5.74) is 6.63. The summed E-state index contributed by atoms with van der Waals surface area (Å²) in [5, 5.41) is 20.3. The number of esters is 1. The highest BCUT2D eigenvalue weighted by molar-refractivity contribution is 6.32. The Balaban J connectivity index is 1.40. The summed E-state index contributed by atoms with van der Waals surface area (Å²) in [6.07, 6.45) is 0.309. The normalized spacial score (nSPS) is 15.0. The predicted molar refractivity (Wildman–Crippen MR) is 177 cm³/mol. The second kappa shape index (κ2) is 16.6. The molecule has 12 nitrogen and oxygen atoms in total. The fourth-order valence-corrected chi connectivity index (χ4v) is 5.00. The smallest absolute Gasteiger partial charge is 0.337 e. The molecule has 4 N–H and O–H groups in total. The Kier molecular flexibility index (Phi) is 12.3. The number of aliphatic hydroxyl groups is 1. The number of nitrogens with one attached hydrogen (secondary N) is 3. The van der Waals surface area contributed by atoms with Gasteiger partial charge in [-0.3, -0.25) is 5.43 Å². The fourth-order valence-electron chi connectivity index (χ4n) is 4.73. The number of ether oxygens (including phenoxy) is 5. The standard InChI is InChI=1S/C34H39ClN4O8/c1-6-44-27-16-24(31-30(33(41)43-5)21(4)37-34(42)38-31)12-13-26(27)46-19-29(40)39-36-17-23-14-25(35)32(28(15-23)45-7-2)47-18-22-10-8-20(3)9-11-22/h8-17,29,31,39-40H,6-7,18-19H2,1-5H3,(H2,37,38,42)/b36-17-/t29-,31-/m1/s1. The highest BCUT2D eigenvalue weighted by Gasteiger charge is 2.32. The Labute approximate surface area is 278 Å². The Hall–Kier alpha value is -4.94. The van der Waals surface area contributed by atoms with Gasteiger partial charge in [-0.15, -0.1) is 0 Å². The van der Waals surface area contributed by atoms with Crippen LogP contribution < -0.4 is 35.0 Å². The number of hydrazone groups is 1. The largest absolute Gasteiger partial charge is 0.490 e. The number of carbonyl (C=O) groups is 2. The number of allylic oxidation sites excluding steroid dienone is 1. The molecule has 0 fully saturated rings. The lowest BCUT2D eigenvalue weighted by molar-refractivity contribution is -0.136. The van der Waals surface area contributed by atoms with Crippen LogP contribution in [-0.2, 0) is 16.1 Å². The summed E-state index contributed by atoms with van der Waals surface area (Å²) < 4.78 is 28.3. The number of nitrogens with zero attached hydrogens (tertiary/aromatic N) is 1. The molecule has 0 spiro atoms. The summed E-state index contributed by atoms with van der Waals surface area (Å²) in [6.45, 7) is 8.21. The number of amides is 2. The zero-order valence-electron chi connectivity index (χ0n) is 26.9. The van der Waals surface area contributed by atoms with Gasteiger partial charge >= 0.3 is 12.0 Å². The van der Waals surface area contributed by atoms with Gasteiger partial charge in [0.1, 0.15) is 13.2 Å². The maximum atomic E-state index is 12.5. The van der Waals surface area contributed by atoms with Crippen molar-refractivity contribution in [3.05, 3.63) is 93.1 Å². The third-order valence-corrected chi connectivity index (χ3v) is 7.23. The molecule has 0 radical (unpaired) electrons. The molecular weight excluding hydrogens is 628 g/mol. The average molecular weight is 667 g/mol. The van der Waals surface area contributed by atoms with Crippen LogP contribution in [0.25, 0.3) is 0 Å². The van der Waals surface area contributed by atoms with Crippen LogP contribution in [-0.4, -0.2) is 56.5 Å². The highest BCUT2D eigenvalue weighted by Crippen LogP contribution is 2.37. The van der Waals surface area contributed by atoms with E-state index in [-0.39, 0.29) is 12.2 Å². The van der Waals surface area contributed by atoms with Crippen molar-refractivity contribution in [2.75, 3.05) is 26.9 Å². The number of benzene rings is 3. The van der Waals surface area contributed by atoms with Crippen molar-refractivity contribution in [2.24, 2.45) is 5.10 Å². The molecule has 0 bridgehead atoms. The molecule has 250 valence electrons. The molecule has 1 heterocycles. The Morgan fingerprint density at radius 1 is 1.00 bits per heavy atom. The predicted octanol–water partition coefficient (Wildman–Crippen LogP) is 5.15. The molecule has 0 saturated heterocycles. The van der Waals surface area contributed by atoms with Gasteiger partial charge in [0.15, 0.2) is 29.2 Å². The third-order valence-electron chi connectivity index (χ3n) is 6.94. The fraction of sp³-hybridized carbons (Fsp3) is 0.324. The van der Waals surface area contributed by atoms with Crippen molar-refractivity contribution < 1.29 is 38.4 Å². The van der Waals surface area contributed by atoms with Crippen LogP contribution in [0.1, 0.15) is 49.1 Å². The van der Waals surface area contributed by atoms with E-state index in [0.717, 1.165) is 11.1 Å². The summed E-state index contributed by atoms with van der Waals surface area (Å²) in [6, 6.07) is 15.2. The first-order valence-corrected chi connectivity index (χ1v) is 15.4. The number of halogens is 1. The van der Waals surface area contributed by atoms with Crippen molar-refractivity contribution in [2.45, 2.75) is 46.6 Å². The minimum atomic E-state index is -1.18. The number of methoxy groups -OCH3 is 1. The quantitative estimate of drug-likeness (QED) is 0.0748.